The second-order valence-corrected chi connectivity index (χ2v) is 5.03. The Balaban J connectivity index is 2.34. The predicted molar refractivity (Wildman–Crippen MR) is 71.6 cm³/mol. The number of carbonyl (C=O) groups excluding carboxylic acids is 1. The van der Waals surface area contributed by atoms with Crippen LogP contribution in [0.4, 0.5) is 5.69 Å². The lowest BCUT2D eigenvalue weighted by atomic mass is 10.1. The average molecular weight is 248 g/mol. The fraction of sp³-hybridized carbons (Fsp3) is 0.500. The van der Waals surface area contributed by atoms with Crippen molar-refractivity contribution in [3.63, 3.8) is 0 Å². The monoisotopic (exact) mass is 248 g/mol. The number of aliphatic hydroxyl groups is 1. The molecule has 1 fully saturated rings. The van der Waals surface area contributed by atoms with E-state index in [2.05, 4.69) is 0 Å². The molecule has 1 aromatic carbocycles. The van der Waals surface area contributed by atoms with Crippen LogP contribution in [-0.4, -0.2) is 48.2 Å². The molecule has 0 aliphatic carbocycles. The fourth-order valence-corrected chi connectivity index (χ4v) is 2.57. The van der Waals surface area contributed by atoms with Crippen LogP contribution in [0.3, 0.4) is 0 Å². The van der Waals surface area contributed by atoms with Crippen LogP contribution in [0.15, 0.2) is 24.3 Å². The molecule has 1 N–H and O–H groups in total. The molecule has 1 heterocycles. The van der Waals surface area contributed by atoms with Gasteiger partial charge in [0.2, 0.25) is 5.91 Å². The molecule has 4 nitrogen and oxygen atoms in total. The molecule has 0 aromatic heterocycles. The van der Waals surface area contributed by atoms with Crippen LogP contribution in [0.5, 0.6) is 0 Å². The SMILES string of the molecule is Cc1cccc(N2C(=O)C(CO)N(C)CC2C)c1. The van der Waals surface area contributed by atoms with Gasteiger partial charge in [-0.2, -0.15) is 0 Å². The van der Waals surface area contributed by atoms with Crippen LogP contribution in [0, 0.1) is 6.92 Å². The molecule has 2 atom stereocenters. The molecule has 98 valence electrons. The normalized spacial score (nSPS) is 25.6. The zero-order valence-electron chi connectivity index (χ0n) is 11.1. The first-order valence-electron chi connectivity index (χ1n) is 6.25. The Hall–Kier alpha value is -1.39. The van der Waals surface area contributed by atoms with Gasteiger partial charge in [-0.3, -0.25) is 9.69 Å². The topological polar surface area (TPSA) is 43.8 Å². The molecule has 1 aliphatic heterocycles. The van der Waals surface area contributed by atoms with Crippen LogP contribution >= 0.6 is 0 Å². The van der Waals surface area contributed by atoms with Crippen molar-refractivity contribution in [3.8, 4) is 0 Å². The van der Waals surface area contributed by atoms with Crippen LogP contribution in [0.2, 0.25) is 0 Å². The molecule has 2 unspecified atom stereocenters. The van der Waals surface area contributed by atoms with E-state index >= 15 is 0 Å². The lowest BCUT2D eigenvalue weighted by Gasteiger charge is -2.42. The summed E-state index contributed by atoms with van der Waals surface area (Å²) in [5, 5.41) is 9.35. The summed E-state index contributed by atoms with van der Waals surface area (Å²) in [6, 6.07) is 7.61. The first-order valence-corrected chi connectivity index (χ1v) is 6.25. The Kier molecular flexibility index (Phi) is 3.68. The third kappa shape index (κ3) is 2.26. The van der Waals surface area contributed by atoms with Gasteiger partial charge in [0.15, 0.2) is 0 Å². The molecule has 0 radical (unpaired) electrons. The van der Waals surface area contributed by atoms with E-state index in [0.717, 1.165) is 17.8 Å². The number of aryl methyl sites for hydroxylation is 1. The van der Waals surface area contributed by atoms with Crippen molar-refractivity contribution in [3.05, 3.63) is 29.8 Å². The van der Waals surface area contributed by atoms with Crippen molar-refractivity contribution in [1.82, 2.24) is 4.90 Å². The minimum atomic E-state index is -0.429. The van der Waals surface area contributed by atoms with Crippen molar-refractivity contribution in [2.45, 2.75) is 25.9 Å². The van der Waals surface area contributed by atoms with Gasteiger partial charge in [0.1, 0.15) is 6.04 Å². The maximum absolute atomic E-state index is 12.4. The van der Waals surface area contributed by atoms with E-state index in [1.165, 1.54) is 0 Å². The summed E-state index contributed by atoms with van der Waals surface area (Å²) in [6.07, 6.45) is 0. The van der Waals surface area contributed by atoms with E-state index in [1.54, 1.807) is 4.90 Å². The zero-order valence-corrected chi connectivity index (χ0v) is 11.1. The summed E-state index contributed by atoms with van der Waals surface area (Å²) in [6.45, 7) is 4.68. The summed E-state index contributed by atoms with van der Waals surface area (Å²) in [5.41, 5.74) is 2.05. The predicted octanol–water partition coefficient (Wildman–Crippen LogP) is 1.02. The second kappa shape index (κ2) is 5.08. The Bertz CT molecular complexity index is 447. The third-order valence-electron chi connectivity index (χ3n) is 3.50. The van der Waals surface area contributed by atoms with Gasteiger partial charge in [-0.1, -0.05) is 12.1 Å². The van der Waals surface area contributed by atoms with E-state index in [0.29, 0.717) is 0 Å². The molecule has 0 spiro atoms. The minimum absolute atomic E-state index is 0.0237. The van der Waals surface area contributed by atoms with Gasteiger partial charge in [-0.15, -0.1) is 0 Å². The van der Waals surface area contributed by atoms with Crippen LogP contribution < -0.4 is 4.90 Å². The lowest BCUT2D eigenvalue weighted by molar-refractivity contribution is -0.127. The molecule has 2 rings (SSSR count). The van der Waals surface area contributed by atoms with Crippen molar-refractivity contribution in [2.75, 3.05) is 25.1 Å². The number of nitrogens with zero attached hydrogens (tertiary/aromatic N) is 2. The van der Waals surface area contributed by atoms with E-state index in [1.807, 2.05) is 50.1 Å². The first kappa shape index (κ1) is 13.1. The number of rotatable bonds is 2. The number of hydrogen-bond donors (Lipinski definition) is 1. The Morgan fingerprint density at radius 2 is 2.17 bits per heavy atom. The highest BCUT2D eigenvalue weighted by atomic mass is 16.3. The molecular formula is C14H20N2O2. The average Bonchev–Trinajstić information content (AvgIpc) is 2.28. The fourth-order valence-electron chi connectivity index (χ4n) is 2.57. The van der Waals surface area contributed by atoms with Crippen molar-refractivity contribution < 1.29 is 9.90 Å². The summed E-state index contributed by atoms with van der Waals surface area (Å²) < 4.78 is 0. The molecule has 0 bridgehead atoms. The van der Waals surface area contributed by atoms with Gasteiger partial charge < -0.3 is 10.0 Å². The number of hydrogen-bond acceptors (Lipinski definition) is 3. The zero-order chi connectivity index (χ0) is 13.3. The molecular weight excluding hydrogens is 228 g/mol. The highest BCUT2D eigenvalue weighted by molar-refractivity contribution is 5.98. The first-order chi connectivity index (χ1) is 8.54. The van der Waals surface area contributed by atoms with Crippen LogP contribution in [0.25, 0.3) is 0 Å². The Morgan fingerprint density at radius 3 is 2.78 bits per heavy atom. The molecule has 1 aliphatic rings. The van der Waals surface area contributed by atoms with E-state index in [9.17, 15) is 9.90 Å². The molecule has 4 heteroatoms. The van der Waals surface area contributed by atoms with E-state index in [-0.39, 0.29) is 18.6 Å². The van der Waals surface area contributed by atoms with Crippen LogP contribution in [-0.2, 0) is 4.79 Å². The standard InChI is InChI=1S/C14H20N2O2/c1-10-5-4-6-12(7-10)16-11(2)8-15(3)13(9-17)14(16)18/h4-7,11,13,17H,8-9H2,1-3H3. The molecule has 1 aromatic rings. The number of carbonyl (C=O) groups is 1. The Labute approximate surface area is 108 Å². The Morgan fingerprint density at radius 1 is 1.44 bits per heavy atom. The van der Waals surface area contributed by atoms with Crippen molar-refractivity contribution in [1.29, 1.82) is 0 Å². The minimum Gasteiger partial charge on any atom is -0.394 e. The maximum Gasteiger partial charge on any atom is 0.247 e. The highest BCUT2D eigenvalue weighted by Gasteiger charge is 2.37. The number of anilines is 1. The summed E-state index contributed by atoms with van der Waals surface area (Å²) in [4.78, 5) is 16.1. The smallest absolute Gasteiger partial charge is 0.247 e. The van der Waals surface area contributed by atoms with Gasteiger partial charge >= 0.3 is 0 Å². The molecule has 1 saturated heterocycles. The van der Waals surface area contributed by atoms with Gasteiger partial charge in [-0.25, -0.2) is 0 Å². The number of likely N-dealkylation sites (N-methyl/N-ethyl adjacent to an activating group) is 1. The summed E-state index contributed by atoms with van der Waals surface area (Å²) >= 11 is 0. The van der Waals surface area contributed by atoms with Crippen LogP contribution in [0.1, 0.15) is 12.5 Å². The molecule has 18 heavy (non-hydrogen) atoms. The van der Waals surface area contributed by atoms with E-state index in [4.69, 9.17) is 0 Å². The quantitative estimate of drug-likeness (QED) is 0.850. The number of piperazine rings is 1. The lowest BCUT2D eigenvalue weighted by Crippen LogP contribution is -2.61. The van der Waals surface area contributed by atoms with Crippen molar-refractivity contribution in [2.24, 2.45) is 0 Å². The number of benzene rings is 1. The third-order valence-corrected chi connectivity index (χ3v) is 3.50. The second-order valence-electron chi connectivity index (χ2n) is 5.03. The summed E-state index contributed by atoms with van der Waals surface area (Å²) in [5.74, 6) is -0.0237. The molecule has 0 saturated carbocycles. The van der Waals surface area contributed by atoms with Gasteiger partial charge in [0.05, 0.1) is 6.61 Å². The summed E-state index contributed by atoms with van der Waals surface area (Å²) in [7, 11) is 1.88. The molecule has 1 amide bonds. The maximum atomic E-state index is 12.4. The highest BCUT2D eigenvalue weighted by Crippen LogP contribution is 2.24. The van der Waals surface area contributed by atoms with E-state index < -0.39 is 6.04 Å². The van der Waals surface area contributed by atoms with Gasteiger partial charge in [0.25, 0.3) is 0 Å². The van der Waals surface area contributed by atoms with Crippen molar-refractivity contribution >= 4 is 11.6 Å². The largest absolute Gasteiger partial charge is 0.394 e. The van der Waals surface area contributed by atoms with Gasteiger partial charge in [0, 0.05) is 18.3 Å². The van der Waals surface area contributed by atoms with Gasteiger partial charge in [-0.05, 0) is 38.6 Å². The number of aliphatic hydroxyl groups excluding tert-OH is 1. The number of amides is 1.